The molecule has 3 N–H and O–H groups in total. The van der Waals surface area contributed by atoms with Crippen LogP contribution in [0.2, 0.25) is 5.02 Å². The standard InChI is InChI=1S/C13H17ClN2O4S/c14-11-8-9(3-5-12(11)21(15,18)19)16-13(17)6-4-10-2-1-7-20-10/h3,5,8,10H,1-2,4,6-7H2,(H,16,17)(H2,15,18,19). The van der Waals surface area contributed by atoms with E-state index in [1.807, 2.05) is 0 Å². The number of carbonyl (C=O) groups excluding carboxylic acids is 1. The van der Waals surface area contributed by atoms with Crippen molar-refractivity contribution in [1.29, 1.82) is 0 Å². The van der Waals surface area contributed by atoms with Gasteiger partial charge in [-0.1, -0.05) is 11.6 Å². The van der Waals surface area contributed by atoms with Gasteiger partial charge in [0.05, 0.1) is 11.1 Å². The van der Waals surface area contributed by atoms with Crippen LogP contribution in [0.5, 0.6) is 0 Å². The minimum absolute atomic E-state index is 0.0190. The van der Waals surface area contributed by atoms with Crippen LogP contribution in [0.25, 0.3) is 0 Å². The second-order valence-corrected chi connectivity index (χ2v) is 6.85. The third-order valence-corrected chi connectivity index (χ3v) is 4.63. The van der Waals surface area contributed by atoms with Gasteiger partial charge in [0.25, 0.3) is 0 Å². The molecule has 0 bridgehead atoms. The van der Waals surface area contributed by atoms with Gasteiger partial charge in [-0.15, -0.1) is 0 Å². The van der Waals surface area contributed by atoms with E-state index in [2.05, 4.69) is 5.32 Å². The molecule has 21 heavy (non-hydrogen) atoms. The third-order valence-electron chi connectivity index (χ3n) is 3.24. The number of carbonyl (C=O) groups is 1. The van der Waals surface area contributed by atoms with E-state index < -0.39 is 10.0 Å². The fourth-order valence-corrected chi connectivity index (χ4v) is 3.29. The topological polar surface area (TPSA) is 98.5 Å². The summed E-state index contributed by atoms with van der Waals surface area (Å²) in [5, 5.41) is 7.66. The van der Waals surface area contributed by atoms with Gasteiger partial charge in [-0.05, 0) is 37.5 Å². The number of benzene rings is 1. The molecule has 0 aromatic heterocycles. The van der Waals surface area contributed by atoms with Crippen LogP contribution in [-0.2, 0) is 19.6 Å². The molecule has 0 aliphatic carbocycles. The highest BCUT2D eigenvalue weighted by atomic mass is 35.5. The summed E-state index contributed by atoms with van der Waals surface area (Å²) in [6.45, 7) is 0.761. The highest BCUT2D eigenvalue weighted by Gasteiger charge is 2.17. The fourth-order valence-electron chi connectivity index (χ4n) is 2.20. The first-order valence-electron chi connectivity index (χ1n) is 6.60. The number of nitrogens with one attached hydrogen (secondary N) is 1. The van der Waals surface area contributed by atoms with Crippen LogP contribution in [0.4, 0.5) is 5.69 Å². The number of amides is 1. The van der Waals surface area contributed by atoms with E-state index in [0.29, 0.717) is 18.5 Å². The molecule has 1 unspecified atom stereocenters. The van der Waals surface area contributed by atoms with Gasteiger partial charge in [-0.3, -0.25) is 4.79 Å². The maximum Gasteiger partial charge on any atom is 0.239 e. The van der Waals surface area contributed by atoms with E-state index in [1.54, 1.807) is 0 Å². The summed E-state index contributed by atoms with van der Waals surface area (Å²) in [7, 11) is -3.86. The third kappa shape index (κ3) is 4.67. The summed E-state index contributed by atoms with van der Waals surface area (Å²) in [6.07, 6.45) is 3.21. The van der Waals surface area contributed by atoms with E-state index in [1.165, 1.54) is 18.2 Å². The first-order chi connectivity index (χ1) is 9.86. The SMILES string of the molecule is NS(=O)(=O)c1ccc(NC(=O)CCC2CCCO2)cc1Cl. The number of sulfonamides is 1. The lowest BCUT2D eigenvalue weighted by atomic mass is 10.1. The van der Waals surface area contributed by atoms with Crippen molar-refractivity contribution in [3.05, 3.63) is 23.2 Å². The largest absolute Gasteiger partial charge is 0.378 e. The number of ether oxygens (including phenoxy) is 1. The number of nitrogens with two attached hydrogens (primary N) is 1. The Morgan fingerprint density at radius 2 is 2.24 bits per heavy atom. The average Bonchev–Trinajstić information content (AvgIpc) is 2.88. The molecule has 116 valence electrons. The van der Waals surface area contributed by atoms with Crippen LogP contribution in [0.15, 0.2) is 23.1 Å². The summed E-state index contributed by atoms with van der Waals surface area (Å²) in [4.78, 5) is 11.6. The lowest BCUT2D eigenvalue weighted by Gasteiger charge is -2.10. The van der Waals surface area contributed by atoms with Crippen molar-refractivity contribution in [2.75, 3.05) is 11.9 Å². The summed E-state index contributed by atoms with van der Waals surface area (Å²) in [5.41, 5.74) is 0.435. The summed E-state index contributed by atoms with van der Waals surface area (Å²) in [5.74, 6) is -0.162. The molecule has 1 amide bonds. The number of rotatable bonds is 5. The van der Waals surface area contributed by atoms with Crippen molar-refractivity contribution in [1.82, 2.24) is 0 Å². The molecule has 1 aliphatic heterocycles. The van der Waals surface area contributed by atoms with E-state index in [-0.39, 0.29) is 21.9 Å². The van der Waals surface area contributed by atoms with Crippen molar-refractivity contribution in [2.24, 2.45) is 5.14 Å². The molecule has 1 fully saturated rings. The number of hydrogen-bond acceptors (Lipinski definition) is 4. The molecule has 0 spiro atoms. The maximum atomic E-state index is 11.8. The molecule has 8 heteroatoms. The number of halogens is 1. The molecule has 1 saturated heterocycles. The molecule has 1 aliphatic rings. The van der Waals surface area contributed by atoms with Gasteiger partial charge in [0, 0.05) is 18.7 Å². The van der Waals surface area contributed by atoms with Gasteiger partial charge in [0.15, 0.2) is 0 Å². The van der Waals surface area contributed by atoms with E-state index in [9.17, 15) is 13.2 Å². The molecule has 1 heterocycles. The monoisotopic (exact) mass is 332 g/mol. The van der Waals surface area contributed by atoms with E-state index in [4.69, 9.17) is 21.5 Å². The predicted octanol–water partition coefficient (Wildman–Crippen LogP) is 1.89. The first-order valence-corrected chi connectivity index (χ1v) is 8.52. The smallest absolute Gasteiger partial charge is 0.239 e. The molecule has 6 nitrogen and oxygen atoms in total. The number of primary sulfonamides is 1. The lowest BCUT2D eigenvalue weighted by molar-refractivity contribution is -0.116. The van der Waals surface area contributed by atoms with Gasteiger partial charge >= 0.3 is 0 Å². The van der Waals surface area contributed by atoms with Crippen molar-refractivity contribution in [3.63, 3.8) is 0 Å². The van der Waals surface area contributed by atoms with Crippen molar-refractivity contribution in [3.8, 4) is 0 Å². The zero-order valence-electron chi connectivity index (χ0n) is 11.3. The second kappa shape index (κ2) is 6.74. The van der Waals surface area contributed by atoms with Gasteiger partial charge in [-0.25, -0.2) is 13.6 Å². The Labute approximate surface area is 128 Å². The lowest BCUT2D eigenvalue weighted by Crippen LogP contribution is -2.16. The van der Waals surface area contributed by atoms with Crippen LogP contribution >= 0.6 is 11.6 Å². The Balaban J connectivity index is 1.93. The molecular weight excluding hydrogens is 316 g/mol. The van der Waals surface area contributed by atoms with Crippen LogP contribution in [0.3, 0.4) is 0 Å². The normalized spacial score (nSPS) is 18.7. The Bertz CT molecular complexity index is 627. The summed E-state index contributed by atoms with van der Waals surface area (Å²) >= 11 is 5.85. The van der Waals surface area contributed by atoms with E-state index in [0.717, 1.165) is 19.4 Å². The molecule has 0 saturated carbocycles. The average molecular weight is 333 g/mol. The van der Waals surface area contributed by atoms with E-state index >= 15 is 0 Å². The van der Waals surface area contributed by atoms with Crippen LogP contribution in [0, 0.1) is 0 Å². The maximum absolute atomic E-state index is 11.8. The van der Waals surface area contributed by atoms with Gasteiger partial charge < -0.3 is 10.1 Å². The minimum atomic E-state index is -3.86. The Hall–Kier alpha value is -1.15. The molecule has 1 aromatic carbocycles. The molecule has 0 radical (unpaired) electrons. The van der Waals surface area contributed by atoms with Crippen LogP contribution in [0.1, 0.15) is 25.7 Å². The number of anilines is 1. The zero-order chi connectivity index (χ0) is 15.5. The first kappa shape index (κ1) is 16.2. The zero-order valence-corrected chi connectivity index (χ0v) is 12.9. The van der Waals surface area contributed by atoms with Crippen LogP contribution < -0.4 is 10.5 Å². The fraction of sp³-hybridized carbons (Fsp3) is 0.462. The minimum Gasteiger partial charge on any atom is -0.378 e. The Morgan fingerprint density at radius 3 is 2.81 bits per heavy atom. The molecule has 1 aromatic rings. The van der Waals surface area contributed by atoms with Crippen molar-refractivity contribution >= 4 is 33.2 Å². The highest BCUT2D eigenvalue weighted by molar-refractivity contribution is 7.89. The second-order valence-electron chi connectivity index (χ2n) is 4.91. The van der Waals surface area contributed by atoms with Gasteiger partial charge in [-0.2, -0.15) is 0 Å². The molecular formula is C13H17ClN2O4S. The molecule has 1 atom stereocenters. The van der Waals surface area contributed by atoms with Gasteiger partial charge in [0.2, 0.25) is 15.9 Å². The van der Waals surface area contributed by atoms with Crippen molar-refractivity contribution in [2.45, 2.75) is 36.7 Å². The van der Waals surface area contributed by atoms with Crippen LogP contribution in [-0.4, -0.2) is 27.0 Å². The van der Waals surface area contributed by atoms with Gasteiger partial charge in [0.1, 0.15) is 4.90 Å². The Kier molecular flexibility index (Phi) is 5.21. The predicted molar refractivity (Wildman–Crippen MR) is 79.7 cm³/mol. The highest BCUT2D eigenvalue weighted by Crippen LogP contribution is 2.24. The quantitative estimate of drug-likeness (QED) is 0.860. The summed E-state index contributed by atoms with van der Waals surface area (Å²) < 4.78 is 27.9. The Morgan fingerprint density at radius 1 is 1.48 bits per heavy atom. The summed E-state index contributed by atoms with van der Waals surface area (Å²) in [6, 6.07) is 4.09. The number of hydrogen-bond donors (Lipinski definition) is 2. The van der Waals surface area contributed by atoms with Crippen molar-refractivity contribution < 1.29 is 17.9 Å². The molecule has 2 rings (SSSR count).